The number of halogens is 1. The summed E-state index contributed by atoms with van der Waals surface area (Å²) in [6.45, 7) is 3.79. The first-order valence-electron chi connectivity index (χ1n) is 6.67. The van der Waals surface area contributed by atoms with Crippen molar-refractivity contribution in [3.8, 4) is 0 Å². The number of rotatable bonds is 5. The Kier molecular flexibility index (Phi) is 3.90. The standard InChI is InChI=1S/C15H20FNO2/c1-10(9-18)11(2)17-14(19)15(6-7-15)12-4-3-5-13(16)8-12/h3-5,8,10-11,18H,6-7,9H2,1-2H3,(H,17,19). The van der Waals surface area contributed by atoms with E-state index in [2.05, 4.69) is 5.32 Å². The maximum absolute atomic E-state index is 13.3. The molecule has 1 fully saturated rings. The maximum Gasteiger partial charge on any atom is 0.230 e. The first-order chi connectivity index (χ1) is 8.99. The van der Waals surface area contributed by atoms with E-state index in [1.54, 1.807) is 12.1 Å². The molecule has 0 aliphatic heterocycles. The molecule has 0 heterocycles. The average Bonchev–Trinajstić information content (AvgIpc) is 3.19. The Balaban J connectivity index is 2.11. The van der Waals surface area contributed by atoms with Gasteiger partial charge in [-0.05, 0) is 43.4 Å². The first kappa shape index (κ1) is 14.0. The van der Waals surface area contributed by atoms with Crippen LogP contribution in [0.25, 0.3) is 0 Å². The fourth-order valence-electron chi connectivity index (χ4n) is 2.20. The van der Waals surface area contributed by atoms with Crippen molar-refractivity contribution in [1.82, 2.24) is 5.32 Å². The van der Waals surface area contributed by atoms with Crippen LogP contribution in [-0.2, 0) is 10.2 Å². The van der Waals surface area contributed by atoms with Gasteiger partial charge in [-0.25, -0.2) is 4.39 Å². The van der Waals surface area contributed by atoms with Gasteiger partial charge in [-0.1, -0.05) is 19.1 Å². The second-order valence-electron chi connectivity index (χ2n) is 5.51. The zero-order valence-corrected chi connectivity index (χ0v) is 11.3. The molecule has 1 saturated carbocycles. The molecule has 0 spiro atoms. The second kappa shape index (κ2) is 5.29. The molecule has 2 unspecified atom stereocenters. The van der Waals surface area contributed by atoms with Crippen LogP contribution in [0.3, 0.4) is 0 Å². The Bertz CT molecular complexity index is 471. The second-order valence-corrected chi connectivity index (χ2v) is 5.51. The largest absolute Gasteiger partial charge is 0.396 e. The third kappa shape index (κ3) is 2.78. The van der Waals surface area contributed by atoms with E-state index in [0.29, 0.717) is 0 Å². The maximum atomic E-state index is 13.3. The van der Waals surface area contributed by atoms with E-state index in [1.807, 2.05) is 13.8 Å². The lowest BCUT2D eigenvalue weighted by Crippen LogP contribution is -2.43. The van der Waals surface area contributed by atoms with Gasteiger partial charge >= 0.3 is 0 Å². The van der Waals surface area contributed by atoms with Gasteiger partial charge in [0.05, 0.1) is 5.41 Å². The predicted octanol–water partition coefficient (Wildman–Crippen LogP) is 1.99. The number of aliphatic hydroxyl groups excluding tert-OH is 1. The third-order valence-electron chi connectivity index (χ3n) is 4.06. The third-order valence-corrected chi connectivity index (χ3v) is 4.06. The van der Waals surface area contributed by atoms with Crippen molar-refractivity contribution in [1.29, 1.82) is 0 Å². The number of hydrogen-bond acceptors (Lipinski definition) is 2. The summed E-state index contributed by atoms with van der Waals surface area (Å²) in [5.41, 5.74) is 0.180. The van der Waals surface area contributed by atoms with E-state index in [-0.39, 0.29) is 30.3 Å². The molecule has 1 aliphatic rings. The van der Waals surface area contributed by atoms with Crippen LogP contribution < -0.4 is 5.32 Å². The number of amides is 1. The summed E-state index contributed by atoms with van der Waals surface area (Å²) in [4.78, 5) is 12.4. The summed E-state index contributed by atoms with van der Waals surface area (Å²) >= 11 is 0. The molecule has 0 bridgehead atoms. The lowest BCUT2D eigenvalue weighted by atomic mass is 9.93. The van der Waals surface area contributed by atoms with E-state index in [9.17, 15) is 9.18 Å². The summed E-state index contributed by atoms with van der Waals surface area (Å²) < 4.78 is 13.3. The van der Waals surface area contributed by atoms with Gasteiger partial charge < -0.3 is 10.4 Å². The van der Waals surface area contributed by atoms with Crippen molar-refractivity contribution in [3.05, 3.63) is 35.6 Å². The normalized spacial score (nSPS) is 19.6. The predicted molar refractivity (Wildman–Crippen MR) is 71.2 cm³/mol. The van der Waals surface area contributed by atoms with Gasteiger partial charge in [0.25, 0.3) is 0 Å². The van der Waals surface area contributed by atoms with Crippen LogP contribution in [0, 0.1) is 11.7 Å². The van der Waals surface area contributed by atoms with E-state index in [1.165, 1.54) is 12.1 Å². The van der Waals surface area contributed by atoms with Crippen molar-refractivity contribution in [3.63, 3.8) is 0 Å². The van der Waals surface area contributed by atoms with E-state index >= 15 is 0 Å². The van der Waals surface area contributed by atoms with E-state index in [4.69, 9.17) is 5.11 Å². The van der Waals surface area contributed by atoms with Crippen molar-refractivity contribution in [2.75, 3.05) is 6.61 Å². The Labute approximate surface area is 112 Å². The summed E-state index contributed by atoms with van der Waals surface area (Å²) in [5.74, 6) is -0.369. The van der Waals surface area contributed by atoms with Crippen LogP contribution in [0.2, 0.25) is 0 Å². The van der Waals surface area contributed by atoms with Crippen LogP contribution in [0.5, 0.6) is 0 Å². The Morgan fingerprint density at radius 1 is 1.47 bits per heavy atom. The SMILES string of the molecule is CC(CO)C(C)NC(=O)C1(c2cccc(F)c2)CC1. The van der Waals surface area contributed by atoms with Crippen molar-refractivity contribution in [2.45, 2.75) is 38.1 Å². The van der Waals surface area contributed by atoms with E-state index < -0.39 is 5.41 Å². The molecule has 2 atom stereocenters. The highest BCUT2D eigenvalue weighted by atomic mass is 19.1. The number of carbonyl (C=O) groups excluding carboxylic acids is 1. The zero-order valence-electron chi connectivity index (χ0n) is 11.3. The fourth-order valence-corrected chi connectivity index (χ4v) is 2.20. The first-order valence-corrected chi connectivity index (χ1v) is 6.67. The Hall–Kier alpha value is -1.42. The number of aliphatic hydroxyl groups is 1. The minimum absolute atomic E-state index is 0.00672. The molecule has 0 saturated heterocycles. The molecule has 1 aliphatic carbocycles. The summed E-state index contributed by atoms with van der Waals surface area (Å²) in [5, 5.41) is 12.0. The molecule has 1 amide bonds. The fraction of sp³-hybridized carbons (Fsp3) is 0.533. The molecular weight excluding hydrogens is 245 g/mol. The topological polar surface area (TPSA) is 49.3 Å². The summed E-state index contributed by atoms with van der Waals surface area (Å²) in [6.07, 6.45) is 1.50. The molecular formula is C15H20FNO2. The zero-order chi connectivity index (χ0) is 14.0. The van der Waals surface area contributed by atoms with Gasteiger partial charge in [0.2, 0.25) is 5.91 Å². The molecule has 2 rings (SSSR count). The lowest BCUT2D eigenvalue weighted by molar-refractivity contribution is -0.124. The highest BCUT2D eigenvalue weighted by molar-refractivity contribution is 5.91. The lowest BCUT2D eigenvalue weighted by Gasteiger charge is -2.23. The molecule has 3 nitrogen and oxygen atoms in total. The molecule has 19 heavy (non-hydrogen) atoms. The smallest absolute Gasteiger partial charge is 0.230 e. The van der Waals surface area contributed by atoms with Crippen molar-refractivity contribution >= 4 is 5.91 Å². The average molecular weight is 265 g/mol. The number of carbonyl (C=O) groups is 1. The van der Waals surface area contributed by atoms with Gasteiger partial charge in [-0.2, -0.15) is 0 Å². The van der Waals surface area contributed by atoms with Gasteiger partial charge in [0.1, 0.15) is 5.82 Å². The molecule has 1 aromatic carbocycles. The van der Waals surface area contributed by atoms with Gasteiger partial charge in [-0.3, -0.25) is 4.79 Å². The Morgan fingerprint density at radius 3 is 2.68 bits per heavy atom. The van der Waals surface area contributed by atoms with Gasteiger partial charge in [-0.15, -0.1) is 0 Å². The van der Waals surface area contributed by atoms with Crippen LogP contribution in [-0.4, -0.2) is 23.7 Å². The number of hydrogen-bond donors (Lipinski definition) is 2. The molecule has 104 valence electrons. The minimum atomic E-state index is -0.564. The summed E-state index contributed by atoms with van der Waals surface area (Å²) in [7, 11) is 0. The monoisotopic (exact) mass is 265 g/mol. The van der Waals surface area contributed by atoms with E-state index in [0.717, 1.165) is 18.4 Å². The van der Waals surface area contributed by atoms with Crippen molar-refractivity contribution < 1.29 is 14.3 Å². The Morgan fingerprint density at radius 2 is 2.16 bits per heavy atom. The highest BCUT2D eigenvalue weighted by Crippen LogP contribution is 2.48. The molecule has 4 heteroatoms. The van der Waals surface area contributed by atoms with Crippen LogP contribution >= 0.6 is 0 Å². The van der Waals surface area contributed by atoms with Crippen LogP contribution in [0.4, 0.5) is 4.39 Å². The number of benzene rings is 1. The molecule has 0 radical (unpaired) electrons. The quantitative estimate of drug-likeness (QED) is 0.855. The van der Waals surface area contributed by atoms with Crippen LogP contribution in [0.15, 0.2) is 24.3 Å². The molecule has 1 aromatic rings. The van der Waals surface area contributed by atoms with Crippen LogP contribution in [0.1, 0.15) is 32.3 Å². The summed E-state index contributed by atoms with van der Waals surface area (Å²) in [6, 6.07) is 6.16. The van der Waals surface area contributed by atoms with Gasteiger partial charge in [0.15, 0.2) is 0 Å². The highest BCUT2D eigenvalue weighted by Gasteiger charge is 2.51. The molecule has 0 aromatic heterocycles. The van der Waals surface area contributed by atoms with Gasteiger partial charge in [0, 0.05) is 12.6 Å². The minimum Gasteiger partial charge on any atom is -0.396 e. The van der Waals surface area contributed by atoms with Crippen molar-refractivity contribution in [2.24, 2.45) is 5.92 Å². The number of nitrogens with one attached hydrogen (secondary N) is 1. The molecule has 2 N–H and O–H groups in total.